The third kappa shape index (κ3) is 3.50. The van der Waals surface area contributed by atoms with Crippen molar-refractivity contribution >= 4 is 11.5 Å². The average Bonchev–Trinajstić information content (AvgIpc) is 2.83. The highest BCUT2D eigenvalue weighted by atomic mass is 16.5. The smallest absolute Gasteiger partial charge is 0.242 e. The lowest BCUT2D eigenvalue weighted by molar-refractivity contribution is 0.306. The minimum Gasteiger partial charge on any atom is -0.476 e. The largest absolute Gasteiger partial charge is 0.476 e. The molecular formula is C14H25N5O. The van der Waals surface area contributed by atoms with Crippen LogP contribution < -0.4 is 15.4 Å². The summed E-state index contributed by atoms with van der Waals surface area (Å²) in [6.07, 6.45) is 3.68. The molecule has 2 N–H and O–H groups in total. The lowest BCUT2D eigenvalue weighted by atomic mass is 10.1. The number of hydrogen-bond donors (Lipinski definition) is 1. The third-order valence-corrected chi connectivity index (χ3v) is 3.65. The van der Waals surface area contributed by atoms with Gasteiger partial charge in [0, 0.05) is 20.1 Å². The highest BCUT2D eigenvalue weighted by Gasteiger charge is 2.22. The van der Waals surface area contributed by atoms with Crippen LogP contribution in [0.1, 0.15) is 19.8 Å². The summed E-state index contributed by atoms with van der Waals surface area (Å²) in [6, 6.07) is 0. The van der Waals surface area contributed by atoms with Crippen molar-refractivity contribution in [2.75, 3.05) is 51.0 Å². The van der Waals surface area contributed by atoms with E-state index in [0.717, 1.165) is 25.3 Å². The van der Waals surface area contributed by atoms with Gasteiger partial charge in [0.05, 0.1) is 6.61 Å². The molecule has 1 aromatic rings. The molecule has 0 bridgehead atoms. The summed E-state index contributed by atoms with van der Waals surface area (Å²) in [7, 11) is 4.19. The normalized spacial score (nSPS) is 19.2. The molecule has 1 fully saturated rings. The fourth-order valence-corrected chi connectivity index (χ4v) is 2.64. The van der Waals surface area contributed by atoms with Crippen LogP contribution >= 0.6 is 0 Å². The molecule has 1 atom stereocenters. The van der Waals surface area contributed by atoms with Crippen LogP contribution in [0.3, 0.4) is 0 Å². The van der Waals surface area contributed by atoms with Crippen LogP contribution in [0.5, 0.6) is 5.88 Å². The summed E-state index contributed by atoms with van der Waals surface area (Å²) in [5.74, 6) is 1.92. The van der Waals surface area contributed by atoms with E-state index in [0.29, 0.717) is 24.1 Å². The molecule has 0 spiro atoms. The topological polar surface area (TPSA) is 67.5 Å². The number of rotatable bonds is 6. The molecule has 1 aliphatic rings. The maximum Gasteiger partial charge on any atom is 0.242 e. The Bertz CT molecular complexity index is 440. The van der Waals surface area contributed by atoms with Gasteiger partial charge in [-0.05, 0) is 32.4 Å². The quantitative estimate of drug-likeness (QED) is 0.845. The Morgan fingerprint density at radius 2 is 2.30 bits per heavy atom. The molecule has 0 amide bonds. The Morgan fingerprint density at radius 1 is 1.50 bits per heavy atom. The Balaban J connectivity index is 2.03. The number of hydrogen-bond acceptors (Lipinski definition) is 6. The van der Waals surface area contributed by atoms with Gasteiger partial charge in [0.2, 0.25) is 5.88 Å². The molecule has 0 saturated carbocycles. The first-order valence-electron chi connectivity index (χ1n) is 7.24. The van der Waals surface area contributed by atoms with Gasteiger partial charge in [0.15, 0.2) is 5.82 Å². The number of ether oxygens (including phenoxy) is 1. The van der Waals surface area contributed by atoms with E-state index in [1.807, 2.05) is 7.05 Å². The summed E-state index contributed by atoms with van der Waals surface area (Å²) < 4.78 is 5.55. The first-order valence-corrected chi connectivity index (χ1v) is 7.24. The van der Waals surface area contributed by atoms with Crippen molar-refractivity contribution in [3.8, 4) is 5.88 Å². The Kier molecular flexibility index (Phi) is 5.00. The lowest BCUT2D eigenvalue weighted by Crippen LogP contribution is -2.28. The van der Waals surface area contributed by atoms with Crippen LogP contribution in [0.15, 0.2) is 6.33 Å². The van der Waals surface area contributed by atoms with Crippen LogP contribution in [0.25, 0.3) is 0 Å². The van der Waals surface area contributed by atoms with Gasteiger partial charge in [-0.2, -0.15) is 4.98 Å². The second kappa shape index (κ2) is 6.74. The number of likely N-dealkylation sites (tertiary alicyclic amines) is 1. The van der Waals surface area contributed by atoms with Crippen molar-refractivity contribution in [1.29, 1.82) is 0 Å². The lowest BCUT2D eigenvalue weighted by Gasteiger charge is -2.23. The summed E-state index contributed by atoms with van der Waals surface area (Å²) in [5, 5.41) is 0. The van der Waals surface area contributed by atoms with Crippen molar-refractivity contribution in [2.45, 2.75) is 19.8 Å². The molecule has 0 aromatic carbocycles. The molecule has 6 heteroatoms. The standard InChI is InChI=1S/C14H25N5O/c1-4-7-20-14-12(15)13(16-10-17-14)19(3)9-11-5-6-18(2)8-11/h10-11H,4-9,15H2,1-3H3. The van der Waals surface area contributed by atoms with E-state index in [9.17, 15) is 0 Å². The minimum absolute atomic E-state index is 0.493. The van der Waals surface area contributed by atoms with E-state index in [1.165, 1.54) is 19.3 Å². The maximum absolute atomic E-state index is 6.12. The van der Waals surface area contributed by atoms with Crippen LogP contribution in [0.4, 0.5) is 11.5 Å². The second-order valence-corrected chi connectivity index (χ2v) is 5.56. The fourth-order valence-electron chi connectivity index (χ4n) is 2.64. The Hall–Kier alpha value is -1.56. The third-order valence-electron chi connectivity index (χ3n) is 3.65. The fraction of sp³-hybridized carbons (Fsp3) is 0.714. The first kappa shape index (κ1) is 14.8. The summed E-state index contributed by atoms with van der Waals surface area (Å²) in [4.78, 5) is 12.9. The summed E-state index contributed by atoms with van der Waals surface area (Å²) in [5.41, 5.74) is 6.66. The first-order chi connectivity index (χ1) is 9.61. The number of anilines is 2. The highest BCUT2D eigenvalue weighted by molar-refractivity contribution is 5.67. The summed E-state index contributed by atoms with van der Waals surface area (Å²) in [6.45, 7) is 5.94. The van der Waals surface area contributed by atoms with E-state index in [-0.39, 0.29) is 0 Å². The van der Waals surface area contributed by atoms with Crippen LogP contribution in [0.2, 0.25) is 0 Å². The molecular weight excluding hydrogens is 254 g/mol. The molecule has 2 heterocycles. The molecule has 1 unspecified atom stereocenters. The number of nitrogens with two attached hydrogens (primary N) is 1. The molecule has 1 aliphatic heterocycles. The van der Waals surface area contributed by atoms with Gasteiger partial charge in [-0.25, -0.2) is 4.98 Å². The van der Waals surface area contributed by atoms with Crippen LogP contribution in [0, 0.1) is 5.92 Å². The molecule has 1 saturated heterocycles. The van der Waals surface area contributed by atoms with Gasteiger partial charge in [0.1, 0.15) is 12.0 Å². The zero-order chi connectivity index (χ0) is 14.5. The van der Waals surface area contributed by atoms with Gasteiger partial charge in [-0.3, -0.25) is 0 Å². The second-order valence-electron chi connectivity index (χ2n) is 5.56. The molecule has 112 valence electrons. The SMILES string of the molecule is CCCOc1ncnc(N(C)CC2CCN(C)C2)c1N. The van der Waals surface area contributed by atoms with Crippen LogP contribution in [-0.2, 0) is 0 Å². The van der Waals surface area contributed by atoms with Gasteiger partial charge in [-0.15, -0.1) is 0 Å². The van der Waals surface area contributed by atoms with E-state index < -0.39 is 0 Å². The maximum atomic E-state index is 6.12. The van der Waals surface area contributed by atoms with Gasteiger partial charge >= 0.3 is 0 Å². The van der Waals surface area contributed by atoms with Crippen molar-refractivity contribution in [1.82, 2.24) is 14.9 Å². The van der Waals surface area contributed by atoms with Gasteiger partial charge in [0.25, 0.3) is 0 Å². The Labute approximate surface area is 120 Å². The predicted molar refractivity (Wildman–Crippen MR) is 81.1 cm³/mol. The zero-order valence-electron chi connectivity index (χ0n) is 12.7. The molecule has 6 nitrogen and oxygen atoms in total. The predicted octanol–water partition coefficient (Wildman–Crippen LogP) is 1.24. The molecule has 2 rings (SSSR count). The molecule has 20 heavy (non-hydrogen) atoms. The monoisotopic (exact) mass is 279 g/mol. The van der Waals surface area contributed by atoms with Crippen molar-refractivity contribution < 1.29 is 4.74 Å². The van der Waals surface area contributed by atoms with Gasteiger partial charge in [-0.1, -0.05) is 6.92 Å². The van der Waals surface area contributed by atoms with Crippen molar-refractivity contribution in [3.05, 3.63) is 6.33 Å². The zero-order valence-corrected chi connectivity index (χ0v) is 12.7. The molecule has 0 radical (unpaired) electrons. The number of nitrogens with zero attached hydrogens (tertiary/aromatic N) is 4. The summed E-state index contributed by atoms with van der Waals surface area (Å²) >= 11 is 0. The van der Waals surface area contributed by atoms with E-state index in [4.69, 9.17) is 10.5 Å². The highest BCUT2D eigenvalue weighted by Crippen LogP contribution is 2.28. The van der Waals surface area contributed by atoms with Crippen LogP contribution in [-0.4, -0.2) is 55.2 Å². The Morgan fingerprint density at radius 3 is 2.95 bits per heavy atom. The number of nitrogen functional groups attached to an aromatic ring is 1. The molecule has 1 aromatic heterocycles. The molecule has 0 aliphatic carbocycles. The minimum atomic E-state index is 0.493. The van der Waals surface area contributed by atoms with Crippen molar-refractivity contribution in [2.24, 2.45) is 5.92 Å². The van der Waals surface area contributed by atoms with E-state index in [2.05, 4.69) is 33.7 Å². The van der Waals surface area contributed by atoms with Gasteiger partial charge < -0.3 is 20.3 Å². The average molecular weight is 279 g/mol. The van der Waals surface area contributed by atoms with Crippen molar-refractivity contribution in [3.63, 3.8) is 0 Å². The number of aromatic nitrogens is 2. The van der Waals surface area contributed by atoms with E-state index in [1.54, 1.807) is 0 Å². The van der Waals surface area contributed by atoms with E-state index >= 15 is 0 Å².